The van der Waals surface area contributed by atoms with Crippen LogP contribution in [-0.4, -0.2) is 9.75 Å². The molecule has 94 valence electrons. The second kappa shape index (κ2) is 6.36. The lowest BCUT2D eigenvalue weighted by Gasteiger charge is -2.13. The molecule has 0 fully saturated rings. The first-order chi connectivity index (χ1) is 7.90. The number of nitro groups is 1. The third-order valence-electron chi connectivity index (χ3n) is 2.42. The average molecular weight is 321 g/mol. The summed E-state index contributed by atoms with van der Waals surface area (Å²) in [6.45, 7) is 4.32. The molecule has 0 spiro atoms. The van der Waals surface area contributed by atoms with E-state index in [2.05, 4.69) is 29.8 Å². The third-order valence-corrected chi connectivity index (χ3v) is 3.47. The molecule has 0 aliphatic rings. The maximum Gasteiger partial charge on any atom is 0.270 e. The molecule has 1 unspecified atom stereocenters. The van der Waals surface area contributed by atoms with E-state index >= 15 is 0 Å². The molecule has 0 saturated heterocycles. The van der Waals surface area contributed by atoms with Gasteiger partial charge in [-0.2, -0.15) is 0 Å². The summed E-state index contributed by atoms with van der Waals surface area (Å²) in [7, 11) is 0. The zero-order valence-corrected chi connectivity index (χ0v) is 12.2. The van der Waals surface area contributed by atoms with Crippen molar-refractivity contribution in [3.63, 3.8) is 0 Å². The molecule has 0 saturated carbocycles. The number of nitrogens with zero attached hydrogens (tertiary/aromatic N) is 1. The third kappa shape index (κ3) is 4.64. The molecule has 0 aromatic heterocycles. The highest BCUT2D eigenvalue weighted by Crippen LogP contribution is 2.26. The molecule has 5 heteroatoms. The molecule has 0 aliphatic carbocycles. The minimum atomic E-state index is -0.435. The molecule has 1 aromatic rings. The van der Waals surface area contributed by atoms with Crippen LogP contribution in [0, 0.1) is 16.0 Å². The SMILES string of the molecule is CC(C)CC(Br)Cc1ccc([N+](=O)[O-])cc1Cl. The number of halogens is 2. The highest BCUT2D eigenvalue weighted by molar-refractivity contribution is 9.09. The van der Waals surface area contributed by atoms with Gasteiger partial charge in [-0.25, -0.2) is 0 Å². The van der Waals surface area contributed by atoms with E-state index in [1.165, 1.54) is 12.1 Å². The number of alkyl halides is 1. The van der Waals surface area contributed by atoms with Gasteiger partial charge in [-0.3, -0.25) is 10.1 Å². The van der Waals surface area contributed by atoms with Gasteiger partial charge in [-0.1, -0.05) is 47.4 Å². The second-order valence-electron chi connectivity index (χ2n) is 4.46. The van der Waals surface area contributed by atoms with Gasteiger partial charge in [0.15, 0.2) is 0 Å². The number of benzene rings is 1. The fourth-order valence-electron chi connectivity index (χ4n) is 1.65. The molecule has 1 rings (SSSR count). The van der Waals surface area contributed by atoms with Crippen LogP contribution >= 0.6 is 27.5 Å². The number of nitro benzene ring substituents is 1. The van der Waals surface area contributed by atoms with Gasteiger partial charge in [0.1, 0.15) is 0 Å². The van der Waals surface area contributed by atoms with Crippen LogP contribution in [0.3, 0.4) is 0 Å². The number of hydrogen-bond acceptors (Lipinski definition) is 2. The number of hydrogen-bond donors (Lipinski definition) is 0. The number of non-ortho nitro benzene ring substituents is 1. The molecular formula is C12H15BrClNO2. The molecule has 1 atom stereocenters. The topological polar surface area (TPSA) is 43.1 Å². The molecule has 0 amide bonds. The maximum atomic E-state index is 10.6. The van der Waals surface area contributed by atoms with Crippen molar-refractivity contribution < 1.29 is 4.92 Å². The van der Waals surface area contributed by atoms with Crippen molar-refractivity contribution >= 4 is 33.2 Å². The van der Waals surface area contributed by atoms with Crippen LogP contribution in [-0.2, 0) is 6.42 Å². The van der Waals surface area contributed by atoms with Crippen LogP contribution in [0.15, 0.2) is 18.2 Å². The Hall–Kier alpha value is -0.610. The smallest absolute Gasteiger partial charge is 0.258 e. The Morgan fingerprint density at radius 1 is 1.47 bits per heavy atom. The first kappa shape index (κ1) is 14.5. The minimum absolute atomic E-state index is 0.0359. The Balaban J connectivity index is 2.75. The Morgan fingerprint density at radius 2 is 2.12 bits per heavy atom. The van der Waals surface area contributed by atoms with Gasteiger partial charge < -0.3 is 0 Å². The maximum absolute atomic E-state index is 10.6. The fourth-order valence-corrected chi connectivity index (χ4v) is 3.00. The van der Waals surface area contributed by atoms with Crippen LogP contribution in [0.25, 0.3) is 0 Å². The van der Waals surface area contributed by atoms with Crippen molar-refractivity contribution in [3.05, 3.63) is 38.9 Å². The van der Waals surface area contributed by atoms with Crippen molar-refractivity contribution in [3.8, 4) is 0 Å². The number of rotatable bonds is 5. The minimum Gasteiger partial charge on any atom is -0.258 e. The fraction of sp³-hybridized carbons (Fsp3) is 0.500. The van der Waals surface area contributed by atoms with E-state index in [4.69, 9.17) is 11.6 Å². The summed E-state index contributed by atoms with van der Waals surface area (Å²) in [5.41, 5.74) is 0.980. The highest BCUT2D eigenvalue weighted by atomic mass is 79.9. The van der Waals surface area contributed by atoms with E-state index in [9.17, 15) is 10.1 Å². The lowest BCUT2D eigenvalue weighted by molar-refractivity contribution is -0.384. The molecule has 0 N–H and O–H groups in total. The Labute approximate surface area is 114 Å². The summed E-state index contributed by atoms with van der Waals surface area (Å²) in [4.78, 5) is 10.5. The molecule has 17 heavy (non-hydrogen) atoms. The van der Waals surface area contributed by atoms with Crippen molar-refractivity contribution in [1.82, 2.24) is 0 Å². The second-order valence-corrected chi connectivity index (χ2v) is 6.17. The Morgan fingerprint density at radius 3 is 2.59 bits per heavy atom. The monoisotopic (exact) mass is 319 g/mol. The predicted molar refractivity (Wildman–Crippen MR) is 74.0 cm³/mol. The van der Waals surface area contributed by atoms with Gasteiger partial charge >= 0.3 is 0 Å². The predicted octanol–water partition coefficient (Wildman–Crippen LogP) is 4.60. The molecule has 0 radical (unpaired) electrons. The van der Waals surface area contributed by atoms with E-state index in [1.54, 1.807) is 6.07 Å². The zero-order chi connectivity index (χ0) is 13.0. The first-order valence-corrected chi connectivity index (χ1v) is 6.76. The summed E-state index contributed by atoms with van der Waals surface area (Å²) in [6.07, 6.45) is 1.84. The van der Waals surface area contributed by atoms with Crippen LogP contribution in [0.5, 0.6) is 0 Å². The van der Waals surface area contributed by atoms with Gasteiger partial charge in [0.2, 0.25) is 0 Å². The van der Waals surface area contributed by atoms with Gasteiger partial charge in [-0.05, 0) is 24.3 Å². The molecule has 0 heterocycles. The summed E-state index contributed by atoms with van der Waals surface area (Å²) in [5.74, 6) is 0.608. The van der Waals surface area contributed by atoms with E-state index in [0.717, 1.165) is 18.4 Å². The van der Waals surface area contributed by atoms with Crippen LogP contribution in [0.1, 0.15) is 25.8 Å². The summed E-state index contributed by atoms with van der Waals surface area (Å²) in [5, 5.41) is 11.0. The first-order valence-electron chi connectivity index (χ1n) is 5.47. The lowest BCUT2D eigenvalue weighted by Crippen LogP contribution is -2.07. The largest absolute Gasteiger partial charge is 0.270 e. The average Bonchev–Trinajstić information content (AvgIpc) is 2.19. The Kier molecular flexibility index (Phi) is 5.40. The standard InChI is InChI=1S/C12H15BrClNO2/c1-8(2)5-10(13)6-9-3-4-11(15(16)17)7-12(9)14/h3-4,7-8,10H,5-6H2,1-2H3. The molecule has 3 nitrogen and oxygen atoms in total. The van der Waals surface area contributed by atoms with Crippen molar-refractivity contribution in [2.24, 2.45) is 5.92 Å². The van der Waals surface area contributed by atoms with E-state index < -0.39 is 4.92 Å². The summed E-state index contributed by atoms with van der Waals surface area (Å²) in [6, 6.07) is 4.64. The normalized spacial score (nSPS) is 12.8. The molecule has 1 aromatic carbocycles. The molecule has 0 aliphatic heterocycles. The van der Waals surface area contributed by atoms with Crippen LogP contribution < -0.4 is 0 Å². The molecule has 0 bridgehead atoms. The summed E-state index contributed by atoms with van der Waals surface area (Å²) < 4.78 is 0. The Bertz CT molecular complexity index is 409. The van der Waals surface area contributed by atoms with Gasteiger partial charge in [0.25, 0.3) is 5.69 Å². The van der Waals surface area contributed by atoms with E-state index in [1.807, 2.05) is 0 Å². The summed E-state index contributed by atoms with van der Waals surface area (Å²) >= 11 is 9.63. The quantitative estimate of drug-likeness (QED) is 0.452. The van der Waals surface area contributed by atoms with E-state index in [-0.39, 0.29) is 5.69 Å². The zero-order valence-electron chi connectivity index (χ0n) is 9.82. The van der Waals surface area contributed by atoms with Gasteiger partial charge in [-0.15, -0.1) is 0 Å². The van der Waals surface area contributed by atoms with Crippen molar-refractivity contribution in [2.45, 2.75) is 31.5 Å². The van der Waals surface area contributed by atoms with Crippen molar-refractivity contribution in [1.29, 1.82) is 0 Å². The van der Waals surface area contributed by atoms with Crippen LogP contribution in [0.4, 0.5) is 5.69 Å². The van der Waals surface area contributed by atoms with Gasteiger partial charge in [0, 0.05) is 17.0 Å². The van der Waals surface area contributed by atoms with Crippen LogP contribution in [0.2, 0.25) is 5.02 Å². The van der Waals surface area contributed by atoms with Gasteiger partial charge in [0.05, 0.1) is 9.95 Å². The lowest BCUT2D eigenvalue weighted by atomic mass is 10.0. The molecular weight excluding hydrogens is 305 g/mol. The highest BCUT2D eigenvalue weighted by Gasteiger charge is 2.13. The van der Waals surface area contributed by atoms with Crippen molar-refractivity contribution in [2.75, 3.05) is 0 Å². The van der Waals surface area contributed by atoms with E-state index in [0.29, 0.717) is 15.8 Å².